The van der Waals surface area contributed by atoms with Gasteiger partial charge in [0.1, 0.15) is 0 Å². The second kappa shape index (κ2) is 3.23. The van der Waals surface area contributed by atoms with Crippen molar-refractivity contribution in [3.8, 4) is 0 Å². The smallest absolute Gasteiger partial charge is 0.00647 e. The lowest BCUT2D eigenvalue weighted by molar-refractivity contribution is 0.0146. The van der Waals surface area contributed by atoms with Gasteiger partial charge in [-0.15, -0.1) is 6.58 Å². The monoisotopic (exact) mass is 204 g/mol. The maximum absolute atomic E-state index is 4.42. The van der Waals surface area contributed by atoms with Gasteiger partial charge in [0.2, 0.25) is 0 Å². The lowest BCUT2D eigenvalue weighted by Gasteiger charge is -2.57. The quantitative estimate of drug-likeness (QED) is 0.548. The Morgan fingerprint density at radius 1 is 1.20 bits per heavy atom. The van der Waals surface area contributed by atoms with Crippen LogP contribution in [0.15, 0.2) is 24.8 Å². The van der Waals surface area contributed by atoms with E-state index in [4.69, 9.17) is 0 Å². The Balaban J connectivity index is 2.36. The molecule has 3 atom stereocenters. The Morgan fingerprint density at radius 3 is 2.47 bits per heavy atom. The first-order chi connectivity index (χ1) is 6.92. The van der Waals surface area contributed by atoms with Gasteiger partial charge in [0.15, 0.2) is 0 Å². The van der Waals surface area contributed by atoms with Gasteiger partial charge >= 0.3 is 0 Å². The van der Waals surface area contributed by atoms with Crippen LogP contribution < -0.4 is 0 Å². The van der Waals surface area contributed by atoms with Gasteiger partial charge in [0.05, 0.1) is 0 Å². The zero-order chi connectivity index (χ0) is 11.3. The second-order valence-corrected chi connectivity index (χ2v) is 6.32. The van der Waals surface area contributed by atoms with Gasteiger partial charge in [-0.3, -0.25) is 0 Å². The van der Waals surface area contributed by atoms with Crippen LogP contribution in [-0.4, -0.2) is 0 Å². The predicted octanol–water partition coefficient (Wildman–Crippen LogP) is 4.58. The summed E-state index contributed by atoms with van der Waals surface area (Å²) in [6.45, 7) is 15.7. The molecule has 0 heteroatoms. The van der Waals surface area contributed by atoms with E-state index in [0.29, 0.717) is 22.7 Å². The third-order valence-corrected chi connectivity index (χ3v) is 5.53. The van der Waals surface area contributed by atoms with Crippen molar-refractivity contribution in [1.29, 1.82) is 0 Å². The van der Waals surface area contributed by atoms with Gasteiger partial charge in [-0.2, -0.15) is 0 Å². The molecule has 2 saturated carbocycles. The Labute approximate surface area is 94.5 Å². The van der Waals surface area contributed by atoms with Crippen LogP contribution in [0.1, 0.15) is 46.5 Å². The summed E-state index contributed by atoms with van der Waals surface area (Å²) < 4.78 is 0. The molecular formula is C15H24. The summed E-state index contributed by atoms with van der Waals surface area (Å²) in [6.07, 6.45) is 7.43. The topological polar surface area (TPSA) is 0 Å². The van der Waals surface area contributed by atoms with E-state index in [1.54, 1.807) is 0 Å². The summed E-state index contributed by atoms with van der Waals surface area (Å²) in [6, 6.07) is 0. The van der Waals surface area contributed by atoms with E-state index in [2.05, 4.69) is 40.0 Å². The fraction of sp³-hybridized carbons (Fsp3) is 0.733. The first-order valence-corrected chi connectivity index (χ1v) is 6.24. The minimum atomic E-state index is 0.370. The van der Waals surface area contributed by atoms with Crippen LogP contribution in [0.3, 0.4) is 0 Å². The molecule has 0 N–H and O–H groups in total. The molecule has 0 amide bonds. The van der Waals surface area contributed by atoms with Crippen LogP contribution in [0.25, 0.3) is 0 Å². The lowest BCUT2D eigenvalue weighted by atomic mass is 9.47. The van der Waals surface area contributed by atoms with Crippen molar-refractivity contribution < 1.29 is 0 Å². The maximum Gasteiger partial charge on any atom is -0.00647 e. The standard InChI is InChI=1S/C15H24/c1-6-12-7-10-15(5)11(2)13(12)8-9-14(15,3)4/h6,12-13H,1-2,7-10H2,3-5H3. The van der Waals surface area contributed by atoms with Crippen molar-refractivity contribution >= 4 is 0 Å². The molecule has 3 unspecified atom stereocenters. The van der Waals surface area contributed by atoms with Crippen LogP contribution in [-0.2, 0) is 0 Å². The van der Waals surface area contributed by atoms with Gasteiger partial charge in [0, 0.05) is 0 Å². The minimum Gasteiger partial charge on any atom is -0.103 e. The van der Waals surface area contributed by atoms with Crippen LogP contribution in [0.5, 0.6) is 0 Å². The van der Waals surface area contributed by atoms with E-state index >= 15 is 0 Å². The van der Waals surface area contributed by atoms with Crippen molar-refractivity contribution in [3.63, 3.8) is 0 Å². The summed E-state index contributed by atoms with van der Waals surface area (Å²) in [5.41, 5.74) is 2.32. The van der Waals surface area contributed by atoms with E-state index in [9.17, 15) is 0 Å². The molecule has 0 spiro atoms. The maximum atomic E-state index is 4.42. The summed E-state index contributed by atoms with van der Waals surface area (Å²) in [5.74, 6) is 1.41. The fourth-order valence-corrected chi connectivity index (χ4v) is 3.72. The summed E-state index contributed by atoms with van der Waals surface area (Å²) in [7, 11) is 0. The highest BCUT2D eigenvalue weighted by Gasteiger charge is 2.52. The summed E-state index contributed by atoms with van der Waals surface area (Å²) >= 11 is 0. The van der Waals surface area contributed by atoms with E-state index in [1.165, 1.54) is 31.3 Å². The number of hydrogen-bond acceptors (Lipinski definition) is 0. The molecule has 0 saturated heterocycles. The zero-order valence-electron chi connectivity index (χ0n) is 10.5. The second-order valence-electron chi connectivity index (χ2n) is 6.32. The van der Waals surface area contributed by atoms with Crippen LogP contribution in [0.4, 0.5) is 0 Å². The van der Waals surface area contributed by atoms with E-state index in [1.807, 2.05) is 0 Å². The van der Waals surface area contributed by atoms with Crippen LogP contribution in [0, 0.1) is 22.7 Å². The number of fused-ring (bicyclic) bond motifs is 2. The SMILES string of the molecule is C=CC1CCC2(C)C(=C)C1CCC2(C)C. The molecule has 84 valence electrons. The van der Waals surface area contributed by atoms with Gasteiger partial charge < -0.3 is 0 Å². The number of allylic oxidation sites excluding steroid dienone is 2. The van der Waals surface area contributed by atoms with Crippen LogP contribution in [0.2, 0.25) is 0 Å². The van der Waals surface area contributed by atoms with E-state index in [0.717, 1.165) is 0 Å². The molecule has 2 rings (SSSR count). The summed E-state index contributed by atoms with van der Waals surface area (Å²) in [4.78, 5) is 0. The first-order valence-electron chi connectivity index (χ1n) is 6.24. The normalized spacial score (nSPS) is 43.8. The van der Waals surface area contributed by atoms with Crippen LogP contribution >= 0.6 is 0 Å². The average molecular weight is 204 g/mol. The highest BCUT2D eigenvalue weighted by molar-refractivity contribution is 5.25. The van der Waals surface area contributed by atoms with Crippen molar-refractivity contribution in [3.05, 3.63) is 24.8 Å². The molecule has 2 aliphatic rings. The molecule has 0 heterocycles. The Kier molecular flexibility index (Phi) is 2.37. The van der Waals surface area contributed by atoms with Crippen molar-refractivity contribution in [2.24, 2.45) is 22.7 Å². The van der Waals surface area contributed by atoms with Crippen molar-refractivity contribution in [1.82, 2.24) is 0 Å². The lowest BCUT2D eigenvalue weighted by Crippen LogP contribution is -2.47. The Hall–Kier alpha value is -0.520. The molecule has 0 aromatic heterocycles. The molecule has 0 aliphatic heterocycles. The van der Waals surface area contributed by atoms with E-state index in [-0.39, 0.29) is 0 Å². The first kappa shape index (κ1) is 11.0. The molecule has 0 radical (unpaired) electrons. The van der Waals surface area contributed by atoms with E-state index < -0.39 is 0 Å². The number of rotatable bonds is 1. The fourth-order valence-electron chi connectivity index (χ4n) is 3.72. The third kappa shape index (κ3) is 1.33. The van der Waals surface area contributed by atoms with Gasteiger partial charge in [-0.1, -0.05) is 39.0 Å². The highest BCUT2D eigenvalue weighted by Crippen LogP contribution is 2.62. The van der Waals surface area contributed by atoms with Gasteiger partial charge in [0.25, 0.3) is 0 Å². The molecule has 2 fully saturated rings. The highest BCUT2D eigenvalue weighted by atomic mass is 14.6. The molecule has 0 aromatic carbocycles. The molecule has 15 heavy (non-hydrogen) atoms. The van der Waals surface area contributed by atoms with Crippen molar-refractivity contribution in [2.75, 3.05) is 0 Å². The zero-order valence-corrected chi connectivity index (χ0v) is 10.5. The predicted molar refractivity (Wildman–Crippen MR) is 66.7 cm³/mol. The molecule has 0 aromatic rings. The van der Waals surface area contributed by atoms with Gasteiger partial charge in [-0.05, 0) is 48.3 Å². The Morgan fingerprint density at radius 2 is 1.87 bits per heavy atom. The largest absolute Gasteiger partial charge is 0.103 e. The summed E-state index contributed by atoms with van der Waals surface area (Å²) in [5, 5.41) is 0. The molecule has 2 bridgehead atoms. The van der Waals surface area contributed by atoms with Gasteiger partial charge in [-0.25, -0.2) is 0 Å². The average Bonchev–Trinajstić information content (AvgIpc) is 2.18. The number of hydrogen-bond donors (Lipinski definition) is 0. The minimum absolute atomic E-state index is 0.370. The molecule has 2 aliphatic carbocycles. The third-order valence-electron chi connectivity index (χ3n) is 5.53. The Bertz CT molecular complexity index is 297. The molecular weight excluding hydrogens is 180 g/mol. The molecule has 0 nitrogen and oxygen atoms in total. The van der Waals surface area contributed by atoms with Crippen molar-refractivity contribution in [2.45, 2.75) is 46.5 Å².